The predicted octanol–water partition coefficient (Wildman–Crippen LogP) is 1.77. The van der Waals surface area contributed by atoms with Gasteiger partial charge >= 0.3 is 11.7 Å². The minimum atomic E-state index is -1.07. The molecule has 0 aromatic heterocycles. The molecule has 0 saturated carbocycles. The van der Waals surface area contributed by atoms with E-state index in [1.807, 2.05) is 0 Å². The van der Waals surface area contributed by atoms with Crippen molar-refractivity contribution in [2.75, 3.05) is 13.2 Å². The number of ether oxygens (including phenoxy) is 2. The van der Waals surface area contributed by atoms with E-state index in [0.717, 1.165) is 0 Å². The summed E-state index contributed by atoms with van der Waals surface area (Å²) in [7, 11) is 0. The molecule has 104 valence electrons. The summed E-state index contributed by atoms with van der Waals surface area (Å²) in [6, 6.07) is 4.76. The minimum Gasteiger partial charge on any atom is -0.484 e. The molecule has 1 aromatic carbocycles. The highest BCUT2D eigenvalue weighted by molar-refractivity contribution is 5.71. The van der Waals surface area contributed by atoms with Crippen LogP contribution in [0.25, 0.3) is 0 Å². The Labute approximate surface area is 109 Å². The van der Waals surface area contributed by atoms with Gasteiger partial charge in [0.1, 0.15) is 6.61 Å². The van der Waals surface area contributed by atoms with Gasteiger partial charge in [0.15, 0.2) is 11.9 Å². The van der Waals surface area contributed by atoms with E-state index in [1.54, 1.807) is 19.1 Å². The van der Waals surface area contributed by atoms with Crippen molar-refractivity contribution in [3.63, 3.8) is 0 Å². The summed E-state index contributed by atoms with van der Waals surface area (Å²) < 4.78 is 10.2. The van der Waals surface area contributed by atoms with E-state index in [0.29, 0.717) is 5.56 Å². The summed E-state index contributed by atoms with van der Waals surface area (Å²) in [5.41, 5.74) is 0.413. The molecule has 19 heavy (non-hydrogen) atoms. The number of nitrogens with zero attached hydrogens (tertiary/aromatic N) is 1. The summed E-state index contributed by atoms with van der Waals surface area (Å²) in [5, 5.41) is 19.5. The number of aryl methyl sites for hydroxylation is 1. The normalized spacial score (nSPS) is 11.9. The predicted molar refractivity (Wildman–Crippen MR) is 66.4 cm³/mol. The summed E-state index contributed by atoms with van der Waals surface area (Å²) in [5.74, 6) is -0.918. The zero-order valence-corrected chi connectivity index (χ0v) is 10.7. The molecule has 0 fully saturated rings. The van der Waals surface area contributed by atoms with Gasteiger partial charge in [0.2, 0.25) is 0 Å². The van der Waals surface area contributed by atoms with Gasteiger partial charge in [-0.2, -0.15) is 0 Å². The molecule has 1 N–H and O–H groups in total. The van der Waals surface area contributed by atoms with Crippen LogP contribution in [0.4, 0.5) is 5.69 Å². The molecule has 0 amide bonds. The molecule has 0 saturated heterocycles. The number of carbonyl (C=O) groups is 1. The number of nitro benzene ring substituents is 1. The van der Waals surface area contributed by atoms with Crippen LogP contribution in [0.5, 0.6) is 5.75 Å². The maximum Gasteiger partial charge on any atom is 0.332 e. The van der Waals surface area contributed by atoms with Crippen molar-refractivity contribution in [1.82, 2.24) is 0 Å². The van der Waals surface area contributed by atoms with Crippen molar-refractivity contribution in [3.05, 3.63) is 33.9 Å². The Hall–Kier alpha value is -2.15. The van der Waals surface area contributed by atoms with Gasteiger partial charge in [-0.3, -0.25) is 10.1 Å². The Morgan fingerprint density at radius 3 is 2.74 bits per heavy atom. The van der Waals surface area contributed by atoms with Crippen molar-refractivity contribution in [1.29, 1.82) is 0 Å². The fourth-order valence-corrected chi connectivity index (χ4v) is 1.43. The zero-order valence-electron chi connectivity index (χ0n) is 10.7. The number of para-hydroxylation sites is 1. The molecule has 1 aromatic rings. The molecular weight excluding hydrogens is 254 g/mol. The van der Waals surface area contributed by atoms with Crippen LogP contribution in [0.15, 0.2) is 18.2 Å². The first-order valence-corrected chi connectivity index (χ1v) is 5.64. The van der Waals surface area contributed by atoms with Crippen LogP contribution in [0.3, 0.4) is 0 Å². The Balaban J connectivity index is 2.57. The number of carboxylic acids is 1. The molecular formula is C12H15NO6. The zero-order chi connectivity index (χ0) is 14.4. The summed E-state index contributed by atoms with van der Waals surface area (Å²) >= 11 is 0. The van der Waals surface area contributed by atoms with E-state index in [4.69, 9.17) is 14.6 Å². The first-order valence-electron chi connectivity index (χ1n) is 5.64. The highest BCUT2D eigenvalue weighted by Crippen LogP contribution is 2.29. The van der Waals surface area contributed by atoms with Gasteiger partial charge in [-0.1, -0.05) is 12.1 Å². The maximum atomic E-state index is 10.9. The number of rotatable bonds is 7. The van der Waals surface area contributed by atoms with Crippen LogP contribution in [0, 0.1) is 17.0 Å². The van der Waals surface area contributed by atoms with Crippen LogP contribution in [-0.2, 0) is 9.53 Å². The summed E-state index contributed by atoms with van der Waals surface area (Å²) in [6.07, 6.45) is -0.934. The highest BCUT2D eigenvalue weighted by atomic mass is 16.6. The van der Waals surface area contributed by atoms with E-state index in [9.17, 15) is 14.9 Å². The largest absolute Gasteiger partial charge is 0.484 e. The maximum absolute atomic E-state index is 10.9. The van der Waals surface area contributed by atoms with Crippen LogP contribution < -0.4 is 4.74 Å². The second-order valence-corrected chi connectivity index (χ2v) is 3.88. The average Bonchev–Trinajstić information content (AvgIpc) is 2.33. The fourth-order valence-electron chi connectivity index (χ4n) is 1.43. The van der Waals surface area contributed by atoms with Gasteiger partial charge in [0, 0.05) is 5.56 Å². The van der Waals surface area contributed by atoms with Crippen molar-refractivity contribution in [2.24, 2.45) is 0 Å². The average molecular weight is 269 g/mol. The third kappa shape index (κ3) is 4.22. The van der Waals surface area contributed by atoms with E-state index in [-0.39, 0.29) is 24.7 Å². The van der Waals surface area contributed by atoms with Crippen molar-refractivity contribution in [2.45, 2.75) is 20.0 Å². The molecule has 7 heteroatoms. The second-order valence-electron chi connectivity index (χ2n) is 3.88. The lowest BCUT2D eigenvalue weighted by Gasteiger charge is -2.10. The quantitative estimate of drug-likeness (QED) is 0.460. The lowest BCUT2D eigenvalue weighted by molar-refractivity contribution is -0.386. The van der Waals surface area contributed by atoms with Gasteiger partial charge in [-0.25, -0.2) is 4.79 Å². The van der Waals surface area contributed by atoms with Crippen molar-refractivity contribution < 1.29 is 24.3 Å². The van der Waals surface area contributed by atoms with Gasteiger partial charge in [0.25, 0.3) is 0 Å². The molecule has 0 aliphatic carbocycles. The fraction of sp³-hybridized carbons (Fsp3) is 0.417. The molecule has 0 spiro atoms. The van der Waals surface area contributed by atoms with Crippen LogP contribution in [0.2, 0.25) is 0 Å². The van der Waals surface area contributed by atoms with Crippen LogP contribution in [0.1, 0.15) is 12.5 Å². The third-order valence-electron chi connectivity index (χ3n) is 2.44. The van der Waals surface area contributed by atoms with Crippen molar-refractivity contribution in [3.8, 4) is 5.75 Å². The topological polar surface area (TPSA) is 98.9 Å². The Morgan fingerprint density at radius 1 is 1.47 bits per heavy atom. The lowest BCUT2D eigenvalue weighted by atomic mass is 10.2. The third-order valence-corrected chi connectivity index (χ3v) is 2.44. The highest BCUT2D eigenvalue weighted by Gasteiger charge is 2.18. The molecule has 1 unspecified atom stereocenters. The van der Waals surface area contributed by atoms with E-state index < -0.39 is 17.0 Å². The van der Waals surface area contributed by atoms with E-state index in [2.05, 4.69) is 0 Å². The number of nitro groups is 1. The SMILES string of the molecule is Cc1cccc(OCCOC(C)C(=O)O)c1[N+](=O)[O-]. The molecule has 0 aliphatic rings. The number of aliphatic carboxylic acids is 1. The lowest BCUT2D eigenvalue weighted by Crippen LogP contribution is -2.22. The van der Waals surface area contributed by atoms with Crippen LogP contribution in [-0.4, -0.2) is 35.3 Å². The number of hydrogen-bond donors (Lipinski definition) is 1. The Morgan fingerprint density at radius 2 is 2.16 bits per heavy atom. The number of carboxylic acid groups (broad SMARTS) is 1. The summed E-state index contributed by atoms with van der Waals surface area (Å²) in [6.45, 7) is 3.10. The molecule has 1 rings (SSSR count). The number of benzene rings is 1. The van der Waals surface area contributed by atoms with Gasteiger partial charge in [-0.05, 0) is 19.9 Å². The first kappa shape index (κ1) is 14.9. The molecule has 7 nitrogen and oxygen atoms in total. The standard InChI is InChI=1S/C12H15NO6/c1-8-4-3-5-10(11(8)13(16)17)19-7-6-18-9(2)12(14)15/h3-5,9H,6-7H2,1-2H3,(H,14,15). The monoisotopic (exact) mass is 269 g/mol. The molecule has 0 bridgehead atoms. The van der Waals surface area contributed by atoms with Crippen molar-refractivity contribution >= 4 is 11.7 Å². The second kappa shape index (κ2) is 6.69. The molecule has 0 heterocycles. The summed E-state index contributed by atoms with van der Waals surface area (Å²) in [4.78, 5) is 20.9. The number of hydrogen-bond acceptors (Lipinski definition) is 5. The molecule has 0 aliphatic heterocycles. The first-order chi connectivity index (χ1) is 8.93. The molecule has 0 radical (unpaired) electrons. The van der Waals surface area contributed by atoms with E-state index in [1.165, 1.54) is 13.0 Å². The molecule has 1 atom stereocenters. The van der Waals surface area contributed by atoms with Gasteiger partial charge < -0.3 is 14.6 Å². The van der Waals surface area contributed by atoms with Crippen LogP contribution >= 0.6 is 0 Å². The Bertz CT molecular complexity index is 473. The minimum absolute atomic E-state index is 0.0402. The van der Waals surface area contributed by atoms with Gasteiger partial charge in [0.05, 0.1) is 11.5 Å². The van der Waals surface area contributed by atoms with E-state index >= 15 is 0 Å². The Kier molecular flexibility index (Phi) is 5.25. The van der Waals surface area contributed by atoms with Gasteiger partial charge in [-0.15, -0.1) is 0 Å². The smallest absolute Gasteiger partial charge is 0.332 e.